The molecule has 1 aromatic rings. The Labute approximate surface area is 140 Å². The van der Waals surface area contributed by atoms with Crippen molar-refractivity contribution in [2.45, 2.75) is 44.3 Å². The van der Waals surface area contributed by atoms with Crippen LogP contribution in [0.1, 0.15) is 31.2 Å². The Kier molecular flexibility index (Phi) is 5.06. The highest BCUT2D eigenvalue weighted by Crippen LogP contribution is 2.33. The van der Waals surface area contributed by atoms with Gasteiger partial charge >= 0.3 is 0 Å². The van der Waals surface area contributed by atoms with Crippen LogP contribution in [0.5, 0.6) is 0 Å². The van der Waals surface area contributed by atoms with Crippen LogP contribution in [0.2, 0.25) is 0 Å². The molecule has 5 nitrogen and oxygen atoms in total. The molecular formula is C17H27N3O2S. The van der Waals surface area contributed by atoms with Crippen LogP contribution in [0.3, 0.4) is 0 Å². The summed E-state index contributed by atoms with van der Waals surface area (Å²) in [5.74, 6) is 0. The van der Waals surface area contributed by atoms with Gasteiger partial charge in [-0.1, -0.05) is 30.3 Å². The SMILES string of the molecule is CN(C)S(=O)(=O)N1CCC[C@H]1[C@@H]1CCCN1Cc1ccccc1. The van der Waals surface area contributed by atoms with Crippen LogP contribution in [-0.4, -0.2) is 61.2 Å². The molecule has 2 atom stereocenters. The fourth-order valence-electron chi connectivity index (χ4n) is 3.95. The van der Waals surface area contributed by atoms with Gasteiger partial charge in [0, 0.05) is 39.3 Å². The van der Waals surface area contributed by atoms with E-state index in [9.17, 15) is 8.42 Å². The van der Waals surface area contributed by atoms with Gasteiger partial charge in [-0.25, -0.2) is 0 Å². The van der Waals surface area contributed by atoms with Gasteiger partial charge in [0.05, 0.1) is 0 Å². The van der Waals surface area contributed by atoms with Crippen molar-refractivity contribution in [3.05, 3.63) is 35.9 Å². The Morgan fingerprint density at radius 1 is 1.04 bits per heavy atom. The van der Waals surface area contributed by atoms with Crippen molar-refractivity contribution in [2.75, 3.05) is 27.2 Å². The lowest BCUT2D eigenvalue weighted by molar-refractivity contribution is 0.170. The van der Waals surface area contributed by atoms with Crippen LogP contribution in [-0.2, 0) is 16.8 Å². The first-order valence-corrected chi connectivity index (χ1v) is 9.87. The molecule has 0 radical (unpaired) electrons. The van der Waals surface area contributed by atoms with E-state index in [2.05, 4.69) is 29.2 Å². The molecule has 0 amide bonds. The largest absolute Gasteiger partial charge is 0.295 e. The summed E-state index contributed by atoms with van der Waals surface area (Å²) in [6, 6.07) is 10.9. The van der Waals surface area contributed by atoms with E-state index in [1.54, 1.807) is 18.4 Å². The highest BCUT2D eigenvalue weighted by molar-refractivity contribution is 7.86. The molecule has 128 valence electrons. The quantitative estimate of drug-likeness (QED) is 0.824. The van der Waals surface area contributed by atoms with E-state index >= 15 is 0 Å². The molecule has 6 heteroatoms. The van der Waals surface area contributed by atoms with Crippen LogP contribution in [0.25, 0.3) is 0 Å². The minimum atomic E-state index is -3.32. The van der Waals surface area contributed by atoms with Gasteiger partial charge in [-0.15, -0.1) is 0 Å². The molecular weight excluding hydrogens is 310 g/mol. The predicted molar refractivity (Wildman–Crippen MR) is 92.2 cm³/mol. The first-order valence-electron chi connectivity index (χ1n) is 8.47. The Morgan fingerprint density at radius 3 is 2.39 bits per heavy atom. The summed E-state index contributed by atoms with van der Waals surface area (Å²) in [4.78, 5) is 2.48. The summed E-state index contributed by atoms with van der Waals surface area (Å²) in [6.07, 6.45) is 4.19. The van der Waals surface area contributed by atoms with Crippen LogP contribution >= 0.6 is 0 Å². The standard InChI is InChI=1S/C17H27N3O2S/c1-18(2)23(21,22)20-13-7-11-17(20)16-10-6-12-19(16)14-15-8-4-3-5-9-15/h3-5,8-9,16-17H,6-7,10-14H2,1-2H3/t16-,17-/m0/s1. The number of nitrogens with zero attached hydrogens (tertiary/aromatic N) is 3. The number of likely N-dealkylation sites (tertiary alicyclic amines) is 1. The van der Waals surface area contributed by atoms with E-state index in [1.807, 2.05) is 6.07 Å². The molecule has 0 saturated carbocycles. The average molecular weight is 337 g/mol. The monoisotopic (exact) mass is 337 g/mol. The van der Waals surface area contributed by atoms with Gasteiger partial charge in [0.15, 0.2) is 0 Å². The van der Waals surface area contributed by atoms with Crippen molar-refractivity contribution < 1.29 is 8.42 Å². The molecule has 2 fully saturated rings. The maximum absolute atomic E-state index is 12.6. The zero-order valence-electron chi connectivity index (χ0n) is 14.1. The molecule has 2 aliphatic rings. The molecule has 2 saturated heterocycles. The second-order valence-electron chi connectivity index (χ2n) is 6.78. The van der Waals surface area contributed by atoms with E-state index < -0.39 is 10.2 Å². The van der Waals surface area contributed by atoms with E-state index in [0.29, 0.717) is 12.6 Å². The summed E-state index contributed by atoms with van der Waals surface area (Å²) in [6.45, 7) is 2.63. The highest BCUT2D eigenvalue weighted by atomic mass is 32.2. The van der Waals surface area contributed by atoms with Crippen molar-refractivity contribution in [2.24, 2.45) is 0 Å². The Hall–Kier alpha value is -0.950. The molecule has 2 aliphatic heterocycles. The Balaban J connectivity index is 1.76. The topological polar surface area (TPSA) is 43.9 Å². The smallest absolute Gasteiger partial charge is 0.281 e. The third kappa shape index (κ3) is 3.45. The zero-order chi connectivity index (χ0) is 16.4. The minimum Gasteiger partial charge on any atom is -0.295 e. The summed E-state index contributed by atoms with van der Waals surface area (Å²) in [7, 11) is -0.0673. The third-order valence-electron chi connectivity index (χ3n) is 5.09. The van der Waals surface area contributed by atoms with E-state index in [1.165, 1.54) is 9.87 Å². The lowest BCUT2D eigenvalue weighted by atomic mass is 10.0. The predicted octanol–water partition coefficient (Wildman–Crippen LogP) is 1.92. The van der Waals surface area contributed by atoms with Gasteiger partial charge in [-0.05, 0) is 37.8 Å². The van der Waals surface area contributed by atoms with Gasteiger partial charge in [0.1, 0.15) is 0 Å². The number of rotatable bonds is 5. The minimum absolute atomic E-state index is 0.119. The lowest BCUT2D eigenvalue weighted by Crippen LogP contribution is -2.50. The Morgan fingerprint density at radius 2 is 1.70 bits per heavy atom. The third-order valence-corrected chi connectivity index (χ3v) is 7.06. The van der Waals surface area contributed by atoms with Crippen molar-refractivity contribution >= 4 is 10.2 Å². The second-order valence-corrected chi connectivity index (χ2v) is 8.87. The first-order chi connectivity index (χ1) is 11.0. The molecule has 0 bridgehead atoms. The van der Waals surface area contributed by atoms with Crippen molar-refractivity contribution in [1.29, 1.82) is 0 Å². The zero-order valence-corrected chi connectivity index (χ0v) is 14.9. The number of hydrogen-bond donors (Lipinski definition) is 0. The summed E-state index contributed by atoms with van der Waals surface area (Å²) in [5, 5.41) is 0. The molecule has 0 N–H and O–H groups in total. The number of benzene rings is 1. The maximum atomic E-state index is 12.6. The van der Waals surface area contributed by atoms with Gasteiger partial charge in [-0.3, -0.25) is 4.90 Å². The average Bonchev–Trinajstić information content (AvgIpc) is 3.16. The fourth-order valence-corrected chi connectivity index (χ4v) is 5.32. The van der Waals surface area contributed by atoms with Gasteiger partial charge in [-0.2, -0.15) is 17.0 Å². The normalized spacial score (nSPS) is 27.1. The molecule has 0 unspecified atom stereocenters. The van der Waals surface area contributed by atoms with Gasteiger partial charge < -0.3 is 0 Å². The first kappa shape index (κ1) is 16.9. The van der Waals surface area contributed by atoms with Crippen LogP contribution in [0, 0.1) is 0 Å². The molecule has 23 heavy (non-hydrogen) atoms. The van der Waals surface area contributed by atoms with Gasteiger partial charge in [0.2, 0.25) is 0 Å². The van der Waals surface area contributed by atoms with Crippen molar-refractivity contribution in [3.8, 4) is 0 Å². The molecule has 3 rings (SSSR count). The van der Waals surface area contributed by atoms with E-state index in [4.69, 9.17) is 0 Å². The Bertz CT molecular complexity index is 618. The number of hydrogen-bond acceptors (Lipinski definition) is 3. The summed E-state index contributed by atoms with van der Waals surface area (Å²) in [5.41, 5.74) is 1.31. The molecule has 0 aromatic heterocycles. The maximum Gasteiger partial charge on any atom is 0.281 e. The van der Waals surface area contributed by atoms with E-state index in [0.717, 1.165) is 38.8 Å². The van der Waals surface area contributed by atoms with Crippen molar-refractivity contribution in [3.63, 3.8) is 0 Å². The highest BCUT2D eigenvalue weighted by Gasteiger charge is 2.43. The molecule has 2 heterocycles. The second kappa shape index (κ2) is 6.89. The summed E-state index contributed by atoms with van der Waals surface area (Å²) >= 11 is 0. The van der Waals surface area contributed by atoms with Gasteiger partial charge in [0.25, 0.3) is 10.2 Å². The van der Waals surface area contributed by atoms with Crippen molar-refractivity contribution in [1.82, 2.24) is 13.5 Å². The molecule has 0 aliphatic carbocycles. The van der Waals surface area contributed by atoms with Crippen LogP contribution in [0.15, 0.2) is 30.3 Å². The summed E-state index contributed by atoms with van der Waals surface area (Å²) < 4.78 is 28.3. The molecule has 1 aromatic carbocycles. The van der Waals surface area contributed by atoms with E-state index in [-0.39, 0.29) is 6.04 Å². The van der Waals surface area contributed by atoms with Crippen LogP contribution in [0.4, 0.5) is 0 Å². The fraction of sp³-hybridized carbons (Fsp3) is 0.647. The lowest BCUT2D eigenvalue weighted by Gasteiger charge is -2.35. The molecule has 0 spiro atoms. The van der Waals surface area contributed by atoms with Crippen LogP contribution < -0.4 is 0 Å².